The van der Waals surface area contributed by atoms with E-state index in [-0.39, 0.29) is 0 Å². The molecule has 2 rings (SSSR count). The van der Waals surface area contributed by atoms with Gasteiger partial charge in [0.05, 0.1) is 21.3 Å². The number of unbranched alkanes of at least 4 members (excludes halogenated alkanes) is 2. The van der Waals surface area contributed by atoms with Gasteiger partial charge in [0.25, 0.3) is 0 Å². The summed E-state index contributed by atoms with van der Waals surface area (Å²) in [5, 5.41) is 3.30. The third-order valence-corrected chi connectivity index (χ3v) is 4.30. The number of hydrogen-bond acceptors (Lipinski definition) is 6. The van der Waals surface area contributed by atoms with Gasteiger partial charge in [-0.3, -0.25) is 0 Å². The minimum absolute atomic E-state index is 0.435. The molecule has 6 nitrogen and oxygen atoms in total. The van der Waals surface area contributed by atoms with Crippen LogP contribution in [0.4, 0.5) is 5.82 Å². The lowest BCUT2D eigenvalue weighted by atomic mass is 10.1. The van der Waals surface area contributed by atoms with E-state index in [1.807, 2.05) is 12.1 Å². The fraction of sp³-hybridized carbons (Fsp3) is 0.444. The zero-order valence-corrected chi connectivity index (χ0v) is 16.6. The largest absolute Gasteiger partial charge is 0.497 e. The van der Waals surface area contributed by atoms with E-state index in [2.05, 4.69) is 38.1 Å². The molecule has 0 unspecified atom stereocenters. The maximum atomic E-state index is 5.47. The van der Waals surface area contributed by atoms with E-state index in [0.717, 1.165) is 18.5 Å². The van der Waals surface area contributed by atoms with Crippen molar-refractivity contribution in [1.82, 2.24) is 9.97 Å². The van der Waals surface area contributed by atoms with Crippen molar-refractivity contribution in [2.45, 2.75) is 26.2 Å². The smallest absolute Gasteiger partial charge is 0.242 e. The van der Waals surface area contributed by atoms with Crippen LogP contribution in [0, 0.1) is 0 Å². The van der Waals surface area contributed by atoms with E-state index in [0.29, 0.717) is 33.5 Å². The Hall–Kier alpha value is -2.02. The van der Waals surface area contributed by atoms with Gasteiger partial charge in [-0.15, -0.1) is 0 Å². The number of aromatic nitrogens is 2. The Morgan fingerprint density at radius 1 is 1.04 bits per heavy atom. The van der Waals surface area contributed by atoms with Crippen LogP contribution in [0.15, 0.2) is 22.8 Å². The quantitative estimate of drug-likeness (QED) is 0.613. The van der Waals surface area contributed by atoms with Crippen LogP contribution in [0.5, 0.6) is 17.4 Å². The Bertz CT molecular complexity index is 710. The van der Waals surface area contributed by atoms with E-state index < -0.39 is 0 Å². The lowest BCUT2D eigenvalue weighted by Gasteiger charge is -2.14. The third-order valence-electron chi connectivity index (χ3n) is 3.75. The average molecular weight is 410 g/mol. The van der Waals surface area contributed by atoms with Crippen LogP contribution in [0.2, 0.25) is 0 Å². The third kappa shape index (κ3) is 4.75. The molecule has 0 aliphatic heterocycles. The van der Waals surface area contributed by atoms with Crippen molar-refractivity contribution in [3.05, 3.63) is 22.8 Å². The number of rotatable bonds is 9. The van der Waals surface area contributed by atoms with Crippen molar-refractivity contribution in [3.8, 4) is 28.6 Å². The van der Waals surface area contributed by atoms with Crippen LogP contribution in [0.3, 0.4) is 0 Å². The molecule has 0 aliphatic rings. The number of nitrogens with one attached hydrogen (secondary N) is 1. The molecule has 1 aromatic carbocycles. The second-order valence-corrected chi connectivity index (χ2v) is 6.17. The van der Waals surface area contributed by atoms with Gasteiger partial charge < -0.3 is 19.5 Å². The fourth-order valence-corrected chi connectivity index (χ4v) is 2.81. The lowest BCUT2D eigenvalue weighted by Crippen LogP contribution is -2.07. The Morgan fingerprint density at radius 2 is 1.84 bits per heavy atom. The van der Waals surface area contributed by atoms with Gasteiger partial charge in [-0.25, -0.2) is 4.98 Å². The minimum Gasteiger partial charge on any atom is -0.497 e. The maximum absolute atomic E-state index is 5.47. The SMILES string of the molecule is CCCCCNc1nc(OC)c(-c2ccc(OC)cc2OC)nc1Br. The van der Waals surface area contributed by atoms with Gasteiger partial charge in [-0.1, -0.05) is 19.8 Å². The first-order chi connectivity index (χ1) is 12.1. The number of halogens is 1. The highest BCUT2D eigenvalue weighted by Gasteiger charge is 2.18. The summed E-state index contributed by atoms with van der Waals surface area (Å²) in [6.45, 7) is 3.02. The predicted molar refractivity (Wildman–Crippen MR) is 103 cm³/mol. The highest BCUT2D eigenvalue weighted by atomic mass is 79.9. The average Bonchev–Trinajstić information content (AvgIpc) is 2.65. The van der Waals surface area contributed by atoms with E-state index in [4.69, 9.17) is 14.2 Å². The highest BCUT2D eigenvalue weighted by molar-refractivity contribution is 9.10. The van der Waals surface area contributed by atoms with Gasteiger partial charge in [-0.05, 0) is 34.5 Å². The first kappa shape index (κ1) is 19.3. The Morgan fingerprint density at radius 3 is 2.48 bits per heavy atom. The standard InChI is InChI=1S/C18H24BrN3O3/c1-5-6-7-10-20-17-16(19)21-15(18(22-17)25-4)13-9-8-12(23-2)11-14(13)24-3/h8-9,11H,5-7,10H2,1-4H3,(H,20,22). The molecule has 25 heavy (non-hydrogen) atoms. The molecule has 0 radical (unpaired) electrons. The molecule has 0 spiro atoms. The zero-order chi connectivity index (χ0) is 18.2. The normalized spacial score (nSPS) is 10.4. The number of benzene rings is 1. The second-order valence-electron chi connectivity index (χ2n) is 5.42. The van der Waals surface area contributed by atoms with Gasteiger partial charge in [0, 0.05) is 18.2 Å². The van der Waals surface area contributed by atoms with Crippen LogP contribution in [-0.2, 0) is 0 Å². The topological polar surface area (TPSA) is 65.5 Å². The monoisotopic (exact) mass is 409 g/mol. The first-order valence-corrected chi connectivity index (χ1v) is 9.01. The van der Waals surface area contributed by atoms with Crippen LogP contribution >= 0.6 is 15.9 Å². The van der Waals surface area contributed by atoms with E-state index >= 15 is 0 Å². The van der Waals surface area contributed by atoms with Crippen molar-refractivity contribution >= 4 is 21.7 Å². The van der Waals surface area contributed by atoms with Gasteiger partial charge in [-0.2, -0.15) is 4.98 Å². The summed E-state index contributed by atoms with van der Waals surface area (Å²) in [4.78, 5) is 9.18. The minimum atomic E-state index is 0.435. The number of hydrogen-bond donors (Lipinski definition) is 1. The van der Waals surface area contributed by atoms with E-state index in [1.54, 1.807) is 27.4 Å². The van der Waals surface area contributed by atoms with Crippen LogP contribution in [0.1, 0.15) is 26.2 Å². The second kappa shape index (κ2) is 9.46. The molecule has 0 saturated carbocycles. The summed E-state index contributed by atoms with van der Waals surface area (Å²) in [6, 6.07) is 5.54. The van der Waals surface area contributed by atoms with Gasteiger partial charge in [0.15, 0.2) is 5.82 Å². The number of nitrogens with zero attached hydrogens (tertiary/aromatic N) is 2. The molecule has 0 bridgehead atoms. The summed E-state index contributed by atoms with van der Waals surface area (Å²) >= 11 is 3.49. The van der Waals surface area contributed by atoms with Crippen molar-refractivity contribution in [3.63, 3.8) is 0 Å². The highest BCUT2D eigenvalue weighted by Crippen LogP contribution is 2.38. The molecular formula is C18H24BrN3O3. The zero-order valence-electron chi connectivity index (χ0n) is 15.1. The number of methoxy groups -OCH3 is 3. The van der Waals surface area contributed by atoms with Gasteiger partial charge in [0.1, 0.15) is 21.8 Å². The molecule has 136 valence electrons. The molecule has 1 aromatic heterocycles. The maximum Gasteiger partial charge on any atom is 0.242 e. The van der Waals surface area contributed by atoms with Crippen molar-refractivity contribution < 1.29 is 14.2 Å². The summed E-state index contributed by atoms with van der Waals surface area (Å²) in [6.07, 6.45) is 3.44. The lowest BCUT2D eigenvalue weighted by molar-refractivity contribution is 0.391. The Labute approximate surface area is 157 Å². The number of ether oxygens (including phenoxy) is 3. The molecule has 2 aromatic rings. The summed E-state index contributed by atoms with van der Waals surface area (Å²) in [5.41, 5.74) is 1.39. The van der Waals surface area contributed by atoms with E-state index in [9.17, 15) is 0 Å². The molecule has 0 atom stereocenters. The van der Waals surface area contributed by atoms with Crippen LogP contribution in [-0.4, -0.2) is 37.8 Å². The molecule has 0 aliphatic carbocycles. The molecular weight excluding hydrogens is 386 g/mol. The summed E-state index contributed by atoms with van der Waals surface area (Å²) < 4.78 is 16.8. The Balaban J connectivity index is 2.37. The van der Waals surface area contributed by atoms with Crippen molar-refractivity contribution in [2.24, 2.45) is 0 Å². The van der Waals surface area contributed by atoms with E-state index in [1.165, 1.54) is 12.8 Å². The number of anilines is 1. The molecule has 7 heteroatoms. The first-order valence-electron chi connectivity index (χ1n) is 8.22. The van der Waals surface area contributed by atoms with Gasteiger partial charge >= 0.3 is 0 Å². The molecule has 0 fully saturated rings. The molecule has 1 heterocycles. The molecule has 0 amide bonds. The summed E-state index contributed by atoms with van der Waals surface area (Å²) in [5.74, 6) is 2.46. The Kier molecular flexibility index (Phi) is 7.31. The van der Waals surface area contributed by atoms with Crippen LogP contribution < -0.4 is 19.5 Å². The van der Waals surface area contributed by atoms with Gasteiger partial charge in [0.2, 0.25) is 5.88 Å². The molecule has 0 saturated heterocycles. The summed E-state index contributed by atoms with van der Waals surface area (Å²) in [7, 11) is 4.81. The van der Waals surface area contributed by atoms with Crippen molar-refractivity contribution in [1.29, 1.82) is 0 Å². The van der Waals surface area contributed by atoms with Crippen molar-refractivity contribution in [2.75, 3.05) is 33.2 Å². The molecule has 1 N–H and O–H groups in total. The van der Waals surface area contributed by atoms with Crippen LogP contribution in [0.25, 0.3) is 11.3 Å². The predicted octanol–water partition coefficient (Wildman–Crippen LogP) is 4.53. The fourth-order valence-electron chi connectivity index (χ4n) is 2.41.